The van der Waals surface area contributed by atoms with Crippen LogP contribution in [0.15, 0.2) is 12.7 Å². The van der Waals surface area contributed by atoms with E-state index in [2.05, 4.69) is 25.6 Å². The van der Waals surface area contributed by atoms with Crippen LogP contribution in [0.5, 0.6) is 0 Å². The summed E-state index contributed by atoms with van der Waals surface area (Å²) in [5, 5.41) is 27.5. The van der Waals surface area contributed by atoms with E-state index >= 15 is 0 Å². The molecule has 2 fully saturated rings. The summed E-state index contributed by atoms with van der Waals surface area (Å²) >= 11 is 5.10. The van der Waals surface area contributed by atoms with Crippen LogP contribution in [0.3, 0.4) is 0 Å². The molecule has 4 N–H and O–H groups in total. The number of nitrogens with one attached hydrogen (secondary N) is 2. The molecule has 0 amide bonds. The van der Waals surface area contributed by atoms with Gasteiger partial charge in [0.15, 0.2) is 23.2 Å². The first-order valence-corrected chi connectivity index (χ1v) is 10.3. The number of ether oxygens (including phenoxy) is 3. The fraction of sp³-hybridized carbons (Fsp3) is 0.667. The molecule has 0 radical (unpaired) electrons. The molecule has 11 nitrogen and oxygen atoms in total. The highest BCUT2D eigenvalue weighted by Gasteiger charge is 2.45. The minimum Gasteiger partial charge on any atom is -0.468 e. The third-order valence-corrected chi connectivity index (χ3v) is 5.26. The zero-order valence-corrected chi connectivity index (χ0v) is 17.6. The van der Waals surface area contributed by atoms with Crippen molar-refractivity contribution in [1.29, 1.82) is 0 Å². The molecule has 12 heteroatoms. The summed E-state index contributed by atoms with van der Waals surface area (Å²) in [7, 11) is 0. The highest BCUT2D eigenvalue weighted by Crippen LogP contribution is 2.32. The Kier molecular flexibility index (Phi) is 6.29. The van der Waals surface area contributed by atoms with E-state index in [1.165, 1.54) is 12.7 Å². The van der Waals surface area contributed by atoms with Crippen molar-refractivity contribution in [2.75, 3.05) is 25.1 Å². The van der Waals surface area contributed by atoms with Crippen molar-refractivity contribution >= 4 is 34.4 Å². The van der Waals surface area contributed by atoms with Crippen molar-refractivity contribution in [3.63, 3.8) is 0 Å². The number of rotatable bonds is 6. The minimum atomic E-state index is -1.18. The first kappa shape index (κ1) is 21.1. The highest BCUT2D eigenvalue weighted by atomic mass is 32.1. The number of thiocarbonyl (C=S) groups is 1. The SMILES string of the molecule is CC(C)NC(=S)OCC1OC(n2cnc3c(N[C@@H]4CCOC4)ncnc32)C(O)C1O. The second-order valence-electron chi connectivity index (χ2n) is 7.69. The van der Waals surface area contributed by atoms with E-state index < -0.39 is 24.5 Å². The van der Waals surface area contributed by atoms with Crippen LogP contribution in [0.1, 0.15) is 26.5 Å². The average Bonchev–Trinajstić information content (AvgIpc) is 3.42. The van der Waals surface area contributed by atoms with Crippen LogP contribution in [-0.2, 0) is 14.2 Å². The van der Waals surface area contributed by atoms with Crippen molar-refractivity contribution in [3.05, 3.63) is 12.7 Å². The fourth-order valence-electron chi connectivity index (χ4n) is 3.52. The molecule has 0 saturated carbocycles. The van der Waals surface area contributed by atoms with E-state index in [0.717, 1.165) is 6.42 Å². The molecule has 0 aliphatic carbocycles. The van der Waals surface area contributed by atoms with E-state index in [0.29, 0.717) is 30.2 Å². The van der Waals surface area contributed by atoms with Crippen LogP contribution in [0, 0.1) is 0 Å². The van der Waals surface area contributed by atoms with Gasteiger partial charge >= 0.3 is 0 Å². The van der Waals surface area contributed by atoms with Gasteiger partial charge in [-0.25, -0.2) is 15.0 Å². The van der Waals surface area contributed by atoms with Crippen molar-refractivity contribution in [2.24, 2.45) is 0 Å². The Bertz CT molecular complexity index is 889. The fourth-order valence-corrected chi connectivity index (χ4v) is 3.82. The van der Waals surface area contributed by atoms with Crippen LogP contribution in [0.2, 0.25) is 0 Å². The maximum absolute atomic E-state index is 10.6. The zero-order chi connectivity index (χ0) is 21.3. The molecular formula is C18H26N6O5S. The summed E-state index contributed by atoms with van der Waals surface area (Å²) < 4.78 is 18.3. The molecule has 5 atom stereocenters. The summed E-state index contributed by atoms with van der Waals surface area (Å²) in [6.07, 6.45) is -0.135. The monoisotopic (exact) mass is 438 g/mol. The molecule has 2 aromatic rings. The number of anilines is 1. The van der Waals surface area contributed by atoms with E-state index in [4.69, 9.17) is 26.4 Å². The number of aliphatic hydroxyl groups is 2. The van der Waals surface area contributed by atoms with Gasteiger partial charge in [-0.2, -0.15) is 0 Å². The predicted octanol–water partition coefficient (Wildman–Crippen LogP) is -0.0542. The number of hydrogen-bond acceptors (Lipinski definition) is 10. The van der Waals surface area contributed by atoms with Gasteiger partial charge in [0.1, 0.15) is 31.2 Å². The van der Waals surface area contributed by atoms with Crippen LogP contribution in [0.25, 0.3) is 11.2 Å². The van der Waals surface area contributed by atoms with Crippen LogP contribution in [0.4, 0.5) is 5.82 Å². The molecule has 0 aromatic carbocycles. The lowest BCUT2D eigenvalue weighted by Gasteiger charge is -2.18. The van der Waals surface area contributed by atoms with Gasteiger partial charge in [-0.05, 0) is 32.5 Å². The zero-order valence-electron chi connectivity index (χ0n) is 16.8. The Morgan fingerprint density at radius 2 is 2.17 bits per heavy atom. The predicted molar refractivity (Wildman–Crippen MR) is 111 cm³/mol. The van der Waals surface area contributed by atoms with Crippen molar-refractivity contribution < 1.29 is 24.4 Å². The van der Waals surface area contributed by atoms with Crippen LogP contribution < -0.4 is 10.6 Å². The lowest BCUT2D eigenvalue weighted by molar-refractivity contribution is -0.0491. The standard InChI is InChI=1S/C18H26N6O5S/c1-9(2)22-18(30)28-6-11-13(25)14(26)17(29-11)24-8-21-12-15(19-7-20-16(12)24)23-10-3-4-27-5-10/h7-11,13-14,17,25-26H,3-6H2,1-2H3,(H,22,30)(H,19,20,23)/t10-,11?,13?,14?,17?/m1/s1. The quantitative estimate of drug-likeness (QED) is 0.452. The number of aromatic nitrogens is 4. The van der Waals surface area contributed by atoms with Gasteiger partial charge in [0.25, 0.3) is 5.17 Å². The Morgan fingerprint density at radius 1 is 1.33 bits per heavy atom. The molecule has 4 unspecified atom stereocenters. The topological polar surface area (TPSA) is 136 Å². The second-order valence-corrected chi connectivity index (χ2v) is 8.07. The van der Waals surface area contributed by atoms with E-state index in [1.807, 2.05) is 13.8 Å². The smallest absolute Gasteiger partial charge is 0.256 e. The minimum absolute atomic E-state index is 0.00335. The summed E-state index contributed by atoms with van der Waals surface area (Å²) in [5.74, 6) is 0.590. The Balaban J connectivity index is 1.48. The normalized spacial score (nSPS) is 28.9. The second kappa shape index (κ2) is 8.94. The number of fused-ring (bicyclic) bond motifs is 1. The Hall–Kier alpha value is -2.12. The summed E-state index contributed by atoms with van der Waals surface area (Å²) in [6.45, 7) is 5.19. The van der Waals surface area contributed by atoms with Crippen LogP contribution >= 0.6 is 12.2 Å². The van der Waals surface area contributed by atoms with Crippen molar-refractivity contribution in [2.45, 2.75) is 56.9 Å². The summed E-state index contributed by atoms with van der Waals surface area (Å²) in [4.78, 5) is 13.0. The molecule has 0 spiro atoms. The molecule has 2 saturated heterocycles. The lowest BCUT2D eigenvalue weighted by atomic mass is 10.1. The summed E-state index contributed by atoms with van der Waals surface area (Å²) in [5.41, 5.74) is 1.04. The summed E-state index contributed by atoms with van der Waals surface area (Å²) in [6, 6.07) is 0.286. The van der Waals surface area contributed by atoms with E-state index in [-0.39, 0.29) is 23.9 Å². The molecular weight excluding hydrogens is 412 g/mol. The molecule has 2 aliphatic heterocycles. The van der Waals surface area contributed by atoms with Gasteiger partial charge in [0, 0.05) is 12.6 Å². The van der Waals surface area contributed by atoms with E-state index in [9.17, 15) is 10.2 Å². The Labute approximate surface area is 178 Å². The third kappa shape index (κ3) is 4.32. The number of aliphatic hydroxyl groups excluding tert-OH is 2. The Morgan fingerprint density at radius 3 is 2.90 bits per heavy atom. The van der Waals surface area contributed by atoms with Gasteiger partial charge < -0.3 is 35.1 Å². The maximum atomic E-state index is 10.6. The molecule has 4 heterocycles. The lowest BCUT2D eigenvalue weighted by Crippen LogP contribution is -2.37. The molecule has 2 aromatic heterocycles. The largest absolute Gasteiger partial charge is 0.468 e. The highest BCUT2D eigenvalue weighted by molar-refractivity contribution is 7.80. The van der Waals surface area contributed by atoms with Gasteiger partial charge in [0.2, 0.25) is 0 Å². The number of imidazole rings is 1. The molecule has 2 aliphatic rings. The van der Waals surface area contributed by atoms with Gasteiger partial charge in [-0.3, -0.25) is 4.57 Å². The number of hydrogen-bond donors (Lipinski definition) is 4. The van der Waals surface area contributed by atoms with Gasteiger partial charge in [-0.15, -0.1) is 0 Å². The molecule has 0 bridgehead atoms. The first-order valence-electron chi connectivity index (χ1n) is 9.90. The van der Waals surface area contributed by atoms with Crippen molar-refractivity contribution in [3.8, 4) is 0 Å². The molecule has 4 rings (SSSR count). The van der Waals surface area contributed by atoms with Crippen molar-refractivity contribution in [1.82, 2.24) is 24.8 Å². The number of nitrogens with zero attached hydrogens (tertiary/aromatic N) is 4. The first-order chi connectivity index (χ1) is 14.4. The van der Waals surface area contributed by atoms with Crippen LogP contribution in [-0.4, -0.2) is 85.1 Å². The van der Waals surface area contributed by atoms with Gasteiger partial charge in [0.05, 0.1) is 19.0 Å². The third-order valence-electron chi connectivity index (χ3n) is 5.03. The average molecular weight is 439 g/mol. The molecule has 164 valence electrons. The van der Waals surface area contributed by atoms with Gasteiger partial charge in [-0.1, -0.05) is 0 Å². The molecule has 30 heavy (non-hydrogen) atoms. The van der Waals surface area contributed by atoms with E-state index in [1.54, 1.807) is 4.57 Å². The maximum Gasteiger partial charge on any atom is 0.256 e.